The summed E-state index contributed by atoms with van der Waals surface area (Å²) in [7, 11) is -1.29. The van der Waals surface area contributed by atoms with Crippen LogP contribution < -0.4 is 15.6 Å². The number of nitrogens with zero attached hydrogens (tertiary/aromatic N) is 6. The van der Waals surface area contributed by atoms with E-state index in [-0.39, 0.29) is 30.1 Å². The van der Waals surface area contributed by atoms with E-state index in [0.29, 0.717) is 28.1 Å². The number of carbonyl (C=O) groups is 1. The number of hydrogen-bond donors (Lipinski definition) is 1. The van der Waals surface area contributed by atoms with E-state index in [4.69, 9.17) is 15.3 Å². The van der Waals surface area contributed by atoms with Crippen LogP contribution in [0, 0.1) is 22.8 Å². The third kappa shape index (κ3) is 4.32. The lowest BCUT2D eigenvalue weighted by Crippen LogP contribution is -2.39. The lowest BCUT2D eigenvalue weighted by atomic mass is 10.1. The van der Waals surface area contributed by atoms with Crippen molar-refractivity contribution in [3.63, 3.8) is 0 Å². The number of nitrogens with one attached hydrogen (secondary N) is 1. The topological polar surface area (TPSA) is 171 Å². The molecule has 4 rings (SSSR count). The van der Waals surface area contributed by atoms with Crippen molar-refractivity contribution in [2.24, 2.45) is 7.05 Å². The minimum Gasteiger partial charge on any atom is -0.473 e. The summed E-state index contributed by atoms with van der Waals surface area (Å²) in [6, 6.07) is 10.1. The fourth-order valence-corrected chi connectivity index (χ4v) is 5.23. The summed E-state index contributed by atoms with van der Waals surface area (Å²) in [5, 5.41) is 28.8. The minimum absolute atomic E-state index is 0.0577. The van der Waals surface area contributed by atoms with Crippen molar-refractivity contribution in [3.8, 4) is 18.1 Å². The number of aromatic nitrogens is 3. The van der Waals surface area contributed by atoms with E-state index in [9.17, 15) is 18.0 Å². The van der Waals surface area contributed by atoms with Crippen molar-refractivity contribution in [1.29, 1.82) is 10.5 Å². The van der Waals surface area contributed by atoms with Gasteiger partial charge in [0.1, 0.15) is 22.4 Å². The van der Waals surface area contributed by atoms with Gasteiger partial charge in [0.25, 0.3) is 27.4 Å². The van der Waals surface area contributed by atoms with Gasteiger partial charge in [0.15, 0.2) is 6.19 Å². The average molecular weight is 508 g/mol. The number of amides is 1. The Hall–Kier alpha value is -4.49. The summed E-state index contributed by atoms with van der Waals surface area (Å²) in [4.78, 5) is 25.8. The van der Waals surface area contributed by atoms with Crippen LogP contribution in [0.4, 0.5) is 0 Å². The van der Waals surface area contributed by atoms with E-state index in [1.807, 2.05) is 6.07 Å². The summed E-state index contributed by atoms with van der Waals surface area (Å²) < 4.78 is 31.6. The zero-order chi connectivity index (χ0) is 26.1. The van der Waals surface area contributed by atoms with E-state index >= 15 is 0 Å². The first-order chi connectivity index (χ1) is 17.1. The van der Waals surface area contributed by atoms with E-state index in [0.717, 1.165) is 5.56 Å². The second-order valence-corrected chi connectivity index (χ2v) is 10.8. The van der Waals surface area contributed by atoms with Crippen LogP contribution in [-0.4, -0.2) is 51.8 Å². The molecule has 1 aliphatic rings. The Morgan fingerprint density at radius 1 is 1.28 bits per heavy atom. The number of ether oxygens (including phenoxy) is 1. The standard InChI is InChI=1S/C23H21N7O5S/c1-29(14-25)36(33,34)23(7-8-23)13-35-21-19-17(12-27-28-21)9-18(22(32)30(19)2)20(31)26-11-16-5-3-15(10-24)4-6-16/h3-6,9,12H,7-8,11,13H2,1-2H3,(H,26,31). The number of carbonyl (C=O) groups excluding carboxylic acids is 1. The molecule has 1 saturated carbocycles. The third-order valence-electron chi connectivity index (χ3n) is 6.10. The van der Waals surface area contributed by atoms with Crippen molar-refractivity contribution >= 4 is 26.8 Å². The first kappa shape index (κ1) is 24.6. The highest BCUT2D eigenvalue weighted by atomic mass is 32.2. The van der Waals surface area contributed by atoms with Crippen LogP contribution in [-0.2, 0) is 23.6 Å². The smallest absolute Gasteiger partial charge is 0.263 e. The monoisotopic (exact) mass is 507 g/mol. The molecule has 0 saturated heterocycles. The maximum atomic E-state index is 13.0. The third-order valence-corrected chi connectivity index (χ3v) is 8.52. The number of rotatable bonds is 8. The summed E-state index contributed by atoms with van der Waals surface area (Å²) >= 11 is 0. The van der Waals surface area contributed by atoms with Gasteiger partial charge in [-0.25, -0.2) is 12.7 Å². The molecule has 1 aliphatic carbocycles. The largest absolute Gasteiger partial charge is 0.473 e. The Bertz CT molecular complexity index is 1600. The van der Waals surface area contributed by atoms with Crippen LogP contribution in [0.5, 0.6) is 5.88 Å². The predicted octanol–water partition coefficient (Wildman–Crippen LogP) is 0.784. The molecule has 0 radical (unpaired) electrons. The molecule has 0 aliphatic heterocycles. The number of benzene rings is 1. The molecule has 0 atom stereocenters. The maximum absolute atomic E-state index is 13.0. The van der Waals surface area contributed by atoms with Crippen molar-refractivity contribution in [2.45, 2.75) is 24.1 Å². The Labute approximate surface area is 206 Å². The molecule has 0 spiro atoms. The van der Waals surface area contributed by atoms with Crippen LogP contribution in [0.1, 0.15) is 34.3 Å². The van der Waals surface area contributed by atoms with Crippen molar-refractivity contribution in [1.82, 2.24) is 24.4 Å². The van der Waals surface area contributed by atoms with E-state index in [1.54, 1.807) is 30.5 Å². The van der Waals surface area contributed by atoms with Crippen LogP contribution in [0.2, 0.25) is 0 Å². The highest BCUT2D eigenvalue weighted by molar-refractivity contribution is 7.91. The molecule has 1 aromatic carbocycles. The maximum Gasteiger partial charge on any atom is 0.263 e. The Balaban J connectivity index is 1.57. The first-order valence-corrected chi connectivity index (χ1v) is 12.2. The van der Waals surface area contributed by atoms with Gasteiger partial charge in [-0.05, 0) is 36.6 Å². The van der Waals surface area contributed by atoms with Gasteiger partial charge in [0.05, 0.1) is 17.8 Å². The molecule has 13 heteroatoms. The van der Waals surface area contributed by atoms with E-state index < -0.39 is 26.2 Å². The Morgan fingerprint density at radius 3 is 2.58 bits per heavy atom. The van der Waals surface area contributed by atoms with Gasteiger partial charge in [-0.15, -0.1) is 5.10 Å². The van der Waals surface area contributed by atoms with E-state index in [1.165, 1.54) is 30.9 Å². The summed E-state index contributed by atoms with van der Waals surface area (Å²) in [5.41, 5.74) is 0.785. The van der Waals surface area contributed by atoms with Gasteiger partial charge in [0, 0.05) is 26.0 Å². The molecule has 0 unspecified atom stereocenters. The van der Waals surface area contributed by atoms with Crippen LogP contribution >= 0.6 is 0 Å². The Morgan fingerprint density at radius 2 is 1.97 bits per heavy atom. The van der Waals surface area contributed by atoms with Gasteiger partial charge in [-0.1, -0.05) is 12.1 Å². The van der Waals surface area contributed by atoms with Gasteiger partial charge >= 0.3 is 0 Å². The fraction of sp³-hybridized carbons (Fsp3) is 0.304. The highest BCUT2D eigenvalue weighted by Gasteiger charge is 2.57. The SMILES string of the molecule is CN(C#N)S(=O)(=O)C1(COc2nncc3cc(C(=O)NCc4ccc(C#N)cc4)c(=O)n(C)c23)CC1. The molecule has 12 nitrogen and oxygen atoms in total. The quantitative estimate of drug-likeness (QED) is 0.342. The van der Waals surface area contributed by atoms with Gasteiger partial charge in [0.2, 0.25) is 0 Å². The average Bonchev–Trinajstić information content (AvgIpc) is 3.69. The number of fused-ring (bicyclic) bond motifs is 1. The zero-order valence-corrected chi connectivity index (χ0v) is 20.2. The summed E-state index contributed by atoms with van der Waals surface area (Å²) in [5.74, 6) is -0.651. The Kier molecular flexibility index (Phi) is 6.35. The number of sulfonamides is 1. The molecule has 184 valence electrons. The second kappa shape index (κ2) is 9.28. The molecule has 2 aromatic heterocycles. The second-order valence-electron chi connectivity index (χ2n) is 8.41. The molecule has 2 heterocycles. The van der Waals surface area contributed by atoms with Gasteiger partial charge < -0.3 is 14.6 Å². The molecule has 3 aromatic rings. The lowest BCUT2D eigenvalue weighted by Gasteiger charge is -2.20. The van der Waals surface area contributed by atoms with Crippen LogP contribution in [0.15, 0.2) is 41.3 Å². The minimum atomic E-state index is -3.91. The van der Waals surface area contributed by atoms with Crippen molar-refractivity contribution in [2.75, 3.05) is 13.7 Å². The summed E-state index contributed by atoms with van der Waals surface area (Å²) in [6.45, 7) is -0.113. The van der Waals surface area contributed by atoms with Gasteiger partial charge in [-0.2, -0.15) is 15.6 Å². The fourth-order valence-electron chi connectivity index (χ4n) is 3.71. The molecular weight excluding hydrogens is 486 g/mol. The lowest BCUT2D eigenvalue weighted by molar-refractivity contribution is 0.0949. The first-order valence-electron chi connectivity index (χ1n) is 10.8. The molecule has 1 N–H and O–H groups in total. The van der Waals surface area contributed by atoms with Crippen LogP contribution in [0.3, 0.4) is 0 Å². The molecule has 36 heavy (non-hydrogen) atoms. The normalized spacial score (nSPS) is 13.9. The van der Waals surface area contributed by atoms with Crippen molar-refractivity contribution < 1.29 is 17.9 Å². The van der Waals surface area contributed by atoms with E-state index in [2.05, 4.69) is 15.5 Å². The molecular formula is C23H21N7O5S. The predicted molar refractivity (Wildman–Crippen MR) is 127 cm³/mol. The van der Waals surface area contributed by atoms with Gasteiger partial charge in [-0.3, -0.25) is 9.59 Å². The van der Waals surface area contributed by atoms with Crippen molar-refractivity contribution in [3.05, 3.63) is 63.6 Å². The number of aryl methyl sites for hydroxylation is 1. The van der Waals surface area contributed by atoms with Crippen LogP contribution in [0.25, 0.3) is 10.9 Å². The molecule has 0 bridgehead atoms. The number of pyridine rings is 1. The number of hydrogen-bond acceptors (Lipinski definition) is 9. The zero-order valence-electron chi connectivity index (χ0n) is 19.4. The highest BCUT2D eigenvalue weighted by Crippen LogP contribution is 2.45. The molecule has 1 amide bonds. The summed E-state index contributed by atoms with van der Waals surface area (Å²) in [6.07, 6.45) is 3.61. The molecule has 1 fully saturated rings. The number of nitriles is 2.